The highest BCUT2D eigenvalue weighted by molar-refractivity contribution is 6.30. The van der Waals surface area contributed by atoms with E-state index in [0.717, 1.165) is 34.5 Å². The molecule has 0 saturated carbocycles. The second kappa shape index (κ2) is 13.7. The van der Waals surface area contributed by atoms with Crippen molar-refractivity contribution in [1.82, 2.24) is 19.9 Å². The number of benzene rings is 2. The second-order valence-corrected chi connectivity index (χ2v) is 9.61. The van der Waals surface area contributed by atoms with Gasteiger partial charge in [0.05, 0.1) is 24.5 Å². The average molecular weight is 534 g/mol. The van der Waals surface area contributed by atoms with E-state index in [-0.39, 0.29) is 18.5 Å². The molecule has 2 aromatic carbocycles. The Kier molecular flexibility index (Phi) is 10.4. The van der Waals surface area contributed by atoms with E-state index in [2.05, 4.69) is 36.7 Å². The predicted octanol–water partition coefficient (Wildman–Crippen LogP) is 4.69. The number of hydrogen-bond acceptors (Lipinski definition) is 5. The van der Waals surface area contributed by atoms with Gasteiger partial charge in [0, 0.05) is 30.2 Å². The molecule has 4 rings (SSSR count). The first-order valence-corrected chi connectivity index (χ1v) is 12.9. The topological polar surface area (TPSA) is 90.4 Å². The van der Waals surface area contributed by atoms with Crippen molar-refractivity contribution in [2.75, 3.05) is 20.6 Å². The quantitative estimate of drug-likeness (QED) is 0.206. The number of aryl methyl sites for hydroxylation is 1. The minimum absolute atomic E-state index is 0.0292. The lowest BCUT2D eigenvalue weighted by Gasteiger charge is -2.30. The summed E-state index contributed by atoms with van der Waals surface area (Å²) in [4.78, 5) is 18.5. The van der Waals surface area contributed by atoms with Crippen molar-refractivity contribution in [2.24, 2.45) is 15.9 Å². The summed E-state index contributed by atoms with van der Waals surface area (Å²) in [5.41, 5.74) is 9.42. The maximum Gasteiger partial charge on any atom is 0.240 e. The van der Waals surface area contributed by atoms with Gasteiger partial charge in [-0.3, -0.25) is 9.78 Å². The zero-order chi connectivity index (χ0) is 27.7. The van der Waals surface area contributed by atoms with E-state index in [4.69, 9.17) is 21.8 Å². The van der Waals surface area contributed by atoms with Crippen LogP contribution in [0.2, 0.25) is 5.02 Å². The molecule has 1 amide bonds. The lowest BCUT2D eigenvalue weighted by atomic mass is 9.91. The summed E-state index contributed by atoms with van der Waals surface area (Å²) in [7, 11) is 3.46. The van der Waals surface area contributed by atoms with Crippen LogP contribution in [0.15, 0.2) is 83.1 Å². The summed E-state index contributed by atoms with van der Waals surface area (Å²) in [5.74, 6) is 0.621. The number of guanidine groups is 1. The molecule has 1 atom stereocenters. The Morgan fingerprint density at radius 2 is 1.82 bits per heavy atom. The fraction of sp³-hybridized carbons (Fsp3) is 0.310. The number of carbonyl (C=O) groups is 1. The Bertz CT molecular complexity index is 1230. The maximum atomic E-state index is 12.0. The first kappa shape index (κ1) is 28.8. The molecule has 0 radical (unpaired) electrons. The van der Waals surface area contributed by atoms with Crippen LogP contribution < -0.4 is 5.73 Å². The van der Waals surface area contributed by atoms with Gasteiger partial charge in [0.1, 0.15) is 0 Å². The Balaban J connectivity index is 0.00000195. The number of aromatic nitrogens is 1. The van der Waals surface area contributed by atoms with Crippen LogP contribution in [0.4, 0.5) is 0 Å². The maximum absolute atomic E-state index is 12.0. The molecule has 8 nitrogen and oxygen atoms in total. The number of hydrazone groups is 2. The summed E-state index contributed by atoms with van der Waals surface area (Å²) >= 11 is 6.16. The summed E-state index contributed by atoms with van der Waals surface area (Å²) in [5, 5.41) is 13.7. The number of pyridine rings is 1. The molecule has 3 aromatic rings. The van der Waals surface area contributed by atoms with Gasteiger partial charge in [-0.05, 0) is 62.7 Å². The normalized spacial score (nSPS) is 15.1. The summed E-state index contributed by atoms with van der Waals surface area (Å²) in [6.07, 6.45) is 2.51. The van der Waals surface area contributed by atoms with Crippen LogP contribution in [0.3, 0.4) is 0 Å². The number of amides is 1. The van der Waals surface area contributed by atoms with E-state index in [1.54, 1.807) is 6.20 Å². The van der Waals surface area contributed by atoms with E-state index in [1.807, 2.05) is 78.5 Å². The Labute approximate surface area is 230 Å². The molecule has 1 aromatic heterocycles. The molecule has 0 aliphatic carbocycles. The molecule has 1 aliphatic rings. The standard InChI is InChI=1S/C28H31ClN6O.CH5N/c1-20(2)33(4)28(32-34(19-36)17-25-15-10-21(3)16-30-25)35-18-26(22-8-6-5-7-9-22)27(31-35)23-11-13-24(29)14-12-23;1-2/h5-16,19-20,26H,17-18H2,1-4H3;2H2,1H3/b32-28+;/t26-;/m0./s1. The van der Waals surface area contributed by atoms with Crippen molar-refractivity contribution in [3.05, 3.63) is 100 Å². The van der Waals surface area contributed by atoms with E-state index in [0.29, 0.717) is 17.5 Å². The van der Waals surface area contributed by atoms with E-state index >= 15 is 0 Å². The lowest BCUT2D eigenvalue weighted by Crippen LogP contribution is -2.44. The van der Waals surface area contributed by atoms with Crippen molar-refractivity contribution < 1.29 is 4.79 Å². The van der Waals surface area contributed by atoms with Crippen LogP contribution >= 0.6 is 11.6 Å². The molecule has 200 valence electrons. The minimum Gasteiger partial charge on any atom is -0.340 e. The summed E-state index contributed by atoms with van der Waals surface area (Å²) < 4.78 is 0. The number of carbonyl (C=O) groups excluding carboxylic acids is 1. The van der Waals surface area contributed by atoms with Crippen LogP contribution in [-0.4, -0.2) is 64.7 Å². The van der Waals surface area contributed by atoms with Gasteiger partial charge in [0.15, 0.2) is 0 Å². The number of nitrogens with zero attached hydrogens (tertiary/aromatic N) is 6. The van der Waals surface area contributed by atoms with Gasteiger partial charge < -0.3 is 10.6 Å². The van der Waals surface area contributed by atoms with Crippen molar-refractivity contribution >= 4 is 29.7 Å². The molecule has 0 bridgehead atoms. The van der Waals surface area contributed by atoms with Gasteiger partial charge in [-0.15, -0.1) is 5.10 Å². The van der Waals surface area contributed by atoms with Crippen molar-refractivity contribution in [3.8, 4) is 0 Å². The van der Waals surface area contributed by atoms with E-state index < -0.39 is 0 Å². The van der Waals surface area contributed by atoms with Crippen molar-refractivity contribution in [2.45, 2.75) is 39.3 Å². The minimum atomic E-state index is 0.0292. The third kappa shape index (κ3) is 7.18. The fourth-order valence-corrected chi connectivity index (χ4v) is 4.08. The van der Waals surface area contributed by atoms with Gasteiger partial charge in [-0.2, -0.15) is 5.10 Å². The highest BCUT2D eigenvalue weighted by Crippen LogP contribution is 2.30. The van der Waals surface area contributed by atoms with Crippen LogP contribution in [0.25, 0.3) is 0 Å². The highest BCUT2D eigenvalue weighted by Gasteiger charge is 2.33. The third-order valence-electron chi connectivity index (χ3n) is 6.21. The second-order valence-electron chi connectivity index (χ2n) is 9.17. The number of nitrogens with two attached hydrogens (primary N) is 1. The van der Waals surface area contributed by atoms with Crippen LogP contribution in [-0.2, 0) is 11.3 Å². The van der Waals surface area contributed by atoms with Gasteiger partial charge in [0.2, 0.25) is 12.4 Å². The third-order valence-corrected chi connectivity index (χ3v) is 6.47. The van der Waals surface area contributed by atoms with E-state index in [1.165, 1.54) is 12.1 Å². The molecule has 1 aliphatic heterocycles. The molecular formula is C29H36ClN7O. The van der Waals surface area contributed by atoms with Crippen LogP contribution in [0.1, 0.15) is 42.1 Å². The number of rotatable bonds is 7. The molecule has 0 unspecified atom stereocenters. The predicted molar refractivity (Wildman–Crippen MR) is 155 cm³/mol. The Hall–Kier alpha value is -3.75. The summed E-state index contributed by atoms with van der Waals surface area (Å²) in [6.45, 7) is 7.00. The molecular weight excluding hydrogens is 498 g/mol. The molecule has 2 N–H and O–H groups in total. The van der Waals surface area contributed by atoms with E-state index in [9.17, 15) is 4.79 Å². The molecule has 38 heavy (non-hydrogen) atoms. The Morgan fingerprint density at radius 3 is 2.39 bits per heavy atom. The van der Waals surface area contributed by atoms with Crippen LogP contribution in [0, 0.1) is 6.92 Å². The largest absolute Gasteiger partial charge is 0.340 e. The Morgan fingerprint density at radius 1 is 1.13 bits per heavy atom. The monoisotopic (exact) mass is 533 g/mol. The van der Waals surface area contributed by atoms with Gasteiger partial charge in [0.25, 0.3) is 0 Å². The molecule has 0 saturated heterocycles. The first-order chi connectivity index (χ1) is 18.4. The lowest BCUT2D eigenvalue weighted by molar-refractivity contribution is -0.118. The SMILES string of the molecule is CN.Cc1ccc(CN(C=O)/N=C(/N2C[C@@H](c3ccccc3)C(c3ccc(Cl)cc3)=N2)N(C)C(C)C)nc1. The summed E-state index contributed by atoms with van der Waals surface area (Å²) in [6, 6.07) is 22.1. The highest BCUT2D eigenvalue weighted by atomic mass is 35.5. The fourth-order valence-electron chi connectivity index (χ4n) is 3.96. The van der Waals surface area contributed by atoms with Gasteiger partial charge >= 0.3 is 0 Å². The number of halogens is 1. The van der Waals surface area contributed by atoms with Gasteiger partial charge in [-0.25, -0.2) is 10.0 Å². The van der Waals surface area contributed by atoms with Crippen molar-refractivity contribution in [3.63, 3.8) is 0 Å². The average Bonchev–Trinajstić information content (AvgIpc) is 3.39. The zero-order valence-electron chi connectivity index (χ0n) is 22.6. The smallest absolute Gasteiger partial charge is 0.240 e. The van der Waals surface area contributed by atoms with Crippen molar-refractivity contribution in [1.29, 1.82) is 0 Å². The number of hydrogen-bond donors (Lipinski definition) is 1. The first-order valence-electron chi connectivity index (χ1n) is 12.5. The molecule has 0 spiro atoms. The van der Waals surface area contributed by atoms with Crippen LogP contribution in [0.5, 0.6) is 0 Å². The molecule has 0 fully saturated rings. The van der Waals surface area contributed by atoms with Gasteiger partial charge in [-0.1, -0.05) is 60.1 Å². The molecule has 9 heteroatoms. The molecule has 2 heterocycles. The zero-order valence-corrected chi connectivity index (χ0v) is 23.4.